The van der Waals surface area contributed by atoms with E-state index in [1.807, 2.05) is 6.92 Å². The van der Waals surface area contributed by atoms with Crippen LogP contribution in [0.4, 0.5) is 4.39 Å². The second-order valence-electron chi connectivity index (χ2n) is 4.06. The maximum absolute atomic E-state index is 12.7. The summed E-state index contributed by atoms with van der Waals surface area (Å²) in [4.78, 5) is 0. The number of sulfonamides is 1. The summed E-state index contributed by atoms with van der Waals surface area (Å²) in [7, 11) is -3.32. The lowest BCUT2D eigenvalue weighted by Gasteiger charge is -2.14. The summed E-state index contributed by atoms with van der Waals surface area (Å²) >= 11 is 0. The number of rotatable bonds is 7. The van der Waals surface area contributed by atoms with Gasteiger partial charge in [0, 0.05) is 12.6 Å². The maximum Gasteiger partial charge on any atom is 0.213 e. The molecule has 0 bridgehead atoms. The molecule has 1 atom stereocenters. The molecule has 0 saturated heterocycles. The summed E-state index contributed by atoms with van der Waals surface area (Å²) in [6.07, 6.45) is 0. The number of benzene rings is 1. The third-order valence-corrected chi connectivity index (χ3v) is 3.98. The van der Waals surface area contributed by atoms with Gasteiger partial charge in [-0.25, -0.2) is 17.5 Å². The van der Waals surface area contributed by atoms with Gasteiger partial charge in [-0.05, 0) is 31.2 Å². The minimum absolute atomic E-state index is 0.0341. The fourth-order valence-electron chi connectivity index (χ4n) is 1.53. The highest BCUT2D eigenvalue weighted by Gasteiger charge is 2.15. The van der Waals surface area contributed by atoms with Crippen LogP contribution in [0.3, 0.4) is 0 Å². The number of nitrogens with one attached hydrogen (secondary N) is 2. The van der Waals surface area contributed by atoms with Crippen LogP contribution >= 0.6 is 0 Å². The molecule has 0 radical (unpaired) electrons. The van der Waals surface area contributed by atoms with Gasteiger partial charge in [-0.2, -0.15) is 0 Å². The molecular weight excluding hydrogens is 255 g/mol. The topological polar surface area (TPSA) is 58.2 Å². The first-order chi connectivity index (χ1) is 8.44. The van der Waals surface area contributed by atoms with E-state index in [2.05, 4.69) is 10.0 Å². The van der Waals surface area contributed by atoms with Crippen molar-refractivity contribution in [1.82, 2.24) is 10.0 Å². The molecular formula is C12H19FN2O2S. The second-order valence-corrected chi connectivity index (χ2v) is 5.94. The van der Waals surface area contributed by atoms with Crippen LogP contribution in [0.1, 0.15) is 25.5 Å². The van der Waals surface area contributed by atoms with Crippen LogP contribution in [0.5, 0.6) is 0 Å². The highest BCUT2D eigenvalue weighted by atomic mass is 32.2. The van der Waals surface area contributed by atoms with E-state index in [1.54, 1.807) is 19.1 Å². The van der Waals surface area contributed by atoms with Crippen molar-refractivity contribution < 1.29 is 12.8 Å². The first kappa shape index (κ1) is 15.1. The normalized spacial score (nSPS) is 13.5. The molecule has 1 rings (SSSR count). The van der Waals surface area contributed by atoms with E-state index in [9.17, 15) is 12.8 Å². The zero-order valence-electron chi connectivity index (χ0n) is 10.6. The van der Waals surface area contributed by atoms with Gasteiger partial charge in [-0.1, -0.05) is 19.1 Å². The Bertz CT molecular complexity index is 459. The summed E-state index contributed by atoms with van der Waals surface area (Å²) in [5.74, 6) is -0.298. The summed E-state index contributed by atoms with van der Waals surface area (Å²) in [5.41, 5.74) is 0.739. The lowest BCUT2D eigenvalue weighted by molar-refractivity contribution is 0.563. The highest BCUT2D eigenvalue weighted by Crippen LogP contribution is 2.13. The third kappa shape index (κ3) is 5.12. The average Bonchev–Trinajstić information content (AvgIpc) is 2.29. The molecule has 0 aromatic heterocycles. The molecule has 0 saturated carbocycles. The fraction of sp³-hybridized carbons (Fsp3) is 0.500. The molecule has 0 aliphatic carbocycles. The number of hydrogen-bond donors (Lipinski definition) is 2. The van der Waals surface area contributed by atoms with E-state index in [1.165, 1.54) is 12.1 Å². The van der Waals surface area contributed by atoms with E-state index in [0.717, 1.165) is 12.1 Å². The Morgan fingerprint density at radius 2 is 1.89 bits per heavy atom. The molecule has 6 heteroatoms. The van der Waals surface area contributed by atoms with Crippen LogP contribution in [0.2, 0.25) is 0 Å². The Balaban J connectivity index is 2.58. The minimum atomic E-state index is -3.32. The molecule has 1 unspecified atom stereocenters. The van der Waals surface area contributed by atoms with Crippen molar-refractivity contribution in [3.05, 3.63) is 35.6 Å². The van der Waals surface area contributed by atoms with E-state index in [-0.39, 0.29) is 17.6 Å². The van der Waals surface area contributed by atoms with Crippen molar-refractivity contribution in [3.8, 4) is 0 Å². The Kier molecular flexibility index (Phi) is 5.71. The SMILES string of the molecule is CCNCCS(=O)(=O)NC(C)c1ccc(F)cc1. The predicted octanol–water partition coefficient (Wildman–Crippen LogP) is 1.42. The van der Waals surface area contributed by atoms with Crippen molar-refractivity contribution in [1.29, 1.82) is 0 Å². The van der Waals surface area contributed by atoms with Gasteiger partial charge < -0.3 is 5.32 Å². The van der Waals surface area contributed by atoms with Crippen molar-refractivity contribution >= 4 is 10.0 Å². The van der Waals surface area contributed by atoms with Gasteiger partial charge in [-0.15, -0.1) is 0 Å². The Labute approximate surface area is 108 Å². The maximum atomic E-state index is 12.7. The number of halogens is 1. The zero-order chi connectivity index (χ0) is 13.6. The Morgan fingerprint density at radius 3 is 2.44 bits per heavy atom. The number of hydrogen-bond acceptors (Lipinski definition) is 3. The summed E-state index contributed by atoms with van der Waals surface area (Å²) in [6, 6.07) is 5.43. The van der Waals surface area contributed by atoms with E-state index in [4.69, 9.17) is 0 Å². The molecule has 1 aromatic rings. The molecule has 4 nitrogen and oxygen atoms in total. The first-order valence-electron chi connectivity index (χ1n) is 5.91. The van der Waals surface area contributed by atoms with E-state index < -0.39 is 10.0 Å². The molecule has 18 heavy (non-hydrogen) atoms. The minimum Gasteiger partial charge on any atom is -0.316 e. The predicted molar refractivity (Wildman–Crippen MR) is 70.3 cm³/mol. The standard InChI is InChI=1S/C12H19FN2O2S/c1-3-14-8-9-18(16,17)15-10(2)11-4-6-12(13)7-5-11/h4-7,10,14-15H,3,8-9H2,1-2H3. The van der Waals surface area contributed by atoms with Gasteiger partial charge >= 0.3 is 0 Å². The first-order valence-corrected chi connectivity index (χ1v) is 7.56. The molecule has 2 N–H and O–H groups in total. The Hall–Kier alpha value is -0.980. The van der Waals surface area contributed by atoms with Crippen LogP contribution in [0.15, 0.2) is 24.3 Å². The van der Waals surface area contributed by atoms with Crippen LogP contribution in [0.25, 0.3) is 0 Å². The van der Waals surface area contributed by atoms with E-state index in [0.29, 0.717) is 6.54 Å². The highest BCUT2D eigenvalue weighted by molar-refractivity contribution is 7.89. The molecule has 0 heterocycles. The van der Waals surface area contributed by atoms with Crippen LogP contribution in [0, 0.1) is 5.82 Å². The van der Waals surface area contributed by atoms with Crippen molar-refractivity contribution in [3.63, 3.8) is 0 Å². The molecule has 0 aliphatic rings. The van der Waals surface area contributed by atoms with Gasteiger partial charge in [0.1, 0.15) is 5.82 Å². The quantitative estimate of drug-likeness (QED) is 0.739. The lowest BCUT2D eigenvalue weighted by atomic mass is 10.1. The van der Waals surface area contributed by atoms with Crippen LogP contribution in [-0.2, 0) is 10.0 Å². The van der Waals surface area contributed by atoms with Gasteiger partial charge in [0.15, 0.2) is 0 Å². The summed E-state index contributed by atoms with van der Waals surface area (Å²) in [6.45, 7) is 4.81. The second kappa shape index (κ2) is 6.82. The molecule has 0 aliphatic heterocycles. The molecule has 0 fully saturated rings. The van der Waals surface area contributed by atoms with Gasteiger partial charge in [-0.3, -0.25) is 0 Å². The zero-order valence-corrected chi connectivity index (χ0v) is 11.4. The third-order valence-electron chi connectivity index (χ3n) is 2.52. The molecule has 0 amide bonds. The largest absolute Gasteiger partial charge is 0.316 e. The van der Waals surface area contributed by atoms with Crippen LogP contribution in [-0.4, -0.2) is 27.3 Å². The molecule has 1 aromatic carbocycles. The summed E-state index contributed by atoms with van der Waals surface area (Å²) < 4.78 is 38.8. The van der Waals surface area contributed by atoms with Gasteiger partial charge in [0.05, 0.1) is 5.75 Å². The fourth-order valence-corrected chi connectivity index (χ4v) is 2.74. The van der Waals surface area contributed by atoms with Crippen molar-refractivity contribution in [2.75, 3.05) is 18.8 Å². The van der Waals surface area contributed by atoms with Crippen molar-refractivity contribution in [2.45, 2.75) is 19.9 Å². The van der Waals surface area contributed by atoms with Crippen molar-refractivity contribution in [2.24, 2.45) is 0 Å². The molecule has 102 valence electrons. The molecule has 0 spiro atoms. The van der Waals surface area contributed by atoms with E-state index >= 15 is 0 Å². The average molecular weight is 274 g/mol. The monoisotopic (exact) mass is 274 g/mol. The Morgan fingerprint density at radius 1 is 1.28 bits per heavy atom. The summed E-state index contributed by atoms with van der Waals surface area (Å²) in [5, 5.41) is 2.96. The smallest absolute Gasteiger partial charge is 0.213 e. The van der Waals surface area contributed by atoms with Crippen LogP contribution < -0.4 is 10.0 Å². The van der Waals surface area contributed by atoms with Gasteiger partial charge in [0.25, 0.3) is 0 Å². The lowest BCUT2D eigenvalue weighted by Crippen LogP contribution is -2.33. The van der Waals surface area contributed by atoms with Gasteiger partial charge in [0.2, 0.25) is 10.0 Å².